The third-order valence-electron chi connectivity index (χ3n) is 4.50. The Bertz CT molecular complexity index is 752. The van der Waals surface area contributed by atoms with Gasteiger partial charge >= 0.3 is 0 Å². The Kier molecular flexibility index (Phi) is 5.11. The molecule has 5 heteroatoms. The van der Waals surface area contributed by atoms with Gasteiger partial charge in [-0.1, -0.05) is 37.3 Å². The first kappa shape index (κ1) is 16.9. The van der Waals surface area contributed by atoms with E-state index < -0.39 is 5.91 Å². The van der Waals surface area contributed by atoms with E-state index in [0.29, 0.717) is 12.0 Å². The number of nitrogens with two attached hydrogens (primary N) is 1. The highest BCUT2D eigenvalue weighted by Gasteiger charge is 2.27. The standard InChI is InChI=1S/C19H22N2O2S/c1-2-21-9-8-15-17(12-21)24-16(18(15)19(20)23)11-14(22)10-13-6-4-3-5-7-13/h3-7H,2,8-12H2,1H3,(H2,20,23). The molecule has 24 heavy (non-hydrogen) atoms. The van der Waals surface area contributed by atoms with Gasteiger partial charge in [0.1, 0.15) is 5.78 Å². The van der Waals surface area contributed by atoms with Gasteiger partial charge in [-0.25, -0.2) is 0 Å². The Balaban J connectivity index is 1.81. The summed E-state index contributed by atoms with van der Waals surface area (Å²) in [6.45, 7) is 4.92. The molecule has 0 atom stereocenters. The minimum atomic E-state index is -0.403. The molecular weight excluding hydrogens is 320 g/mol. The van der Waals surface area contributed by atoms with Crippen molar-refractivity contribution >= 4 is 23.0 Å². The number of carbonyl (C=O) groups excluding carboxylic acids is 2. The largest absolute Gasteiger partial charge is 0.366 e. The highest BCUT2D eigenvalue weighted by atomic mass is 32.1. The Morgan fingerprint density at radius 3 is 2.62 bits per heavy atom. The molecule has 1 aliphatic rings. The molecule has 126 valence electrons. The van der Waals surface area contributed by atoms with Crippen LogP contribution in [0.5, 0.6) is 0 Å². The summed E-state index contributed by atoms with van der Waals surface area (Å²) in [4.78, 5) is 28.8. The van der Waals surface area contributed by atoms with Gasteiger partial charge in [-0.05, 0) is 24.1 Å². The van der Waals surface area contributed by atoms with Crippen LogP contribution in [-0.2, 0) is 30.6 Å². The van der Waals surface area contributed by atoms with Crippen LogP contribution in [0.1, 0.15) is 38.2 Å². The predicted molar refractivity (Wildman–Crippen MR) is 96.3 cm³/mol. The summed E-state index contributed by atoms with van der Waals surface area (Å²) in [6, 6.07) is 9.70. The molecule has 1 aliphatic heterocycles. The lowest BCUT2D eigenvalue weighted by atomic mass is 9.98. The minimum Gasteiger partial charge on any atom is -0.366 e. The molecule has 3 rings (SSSR count). The molecule has 0 radical (unpaired) electrons. The van der Waals surface area contributed by atoms with Crippen LogP contribution in [0.2, 0.25) is 0 Å². The number of Topliss-reactive ketones (excluding diaryl/α,β-unsaturated/α-hetero) is 1. The lowest BCUT2D eigenvalue weighted by Crippen LogP contribution is -2.30. The lowest BCUT2D eigenvalue weighted by molar-refractivity contribution is -0.117. The van der Waals surface area contributed by atoms with Crippen molar-refractivity contribution in [2.75, 3.05) is 13.1 Å². The maximum absolute atomic E-state index is 12.4. The van der Waals surface area contributed by atoms with Crippen LogP contribution in [-0.4, -0.2) is 29.7 Å². The number of hydrogen-bond acceptors (Lipinski definition) is 4. The number of primary amides is 1. The zero-order valence-electron chi connectivity index (χ0n) is 13.9. The summed E-state index contributed by atoms with van der Waals surface area (Å²) in [7, 11) is 0. The number of amides is 1. The van der Waals surface area contributed by atoms with E-state index in [9.17, 15) is 9.59 Å². The van der Waals surface area contributed by atoms with Crippen LogP contribution in [0, 0.1) is 0 Å². The van der Waals surface area contributed by atoms with Crippen molar-refractivity contribution in [3.63, 3.8) is 0 Å². The summed E-state index contributed by atoms with van der Waals surface area (Å²) in [5.74, 6) is -0.283. The maximum Gasteiger partial charge on any atom is 0.250 e. The number of nitrogens with zero attached hydrogens (tertiary/aromatic N) is 1. The Morgan fingerprint density at radius 1 is 1.21 bits per heavy atom. The first-order valence-corrected chi connectivity index (χ1v) is 9.11. The molecule has 1 aromatic carbocycles. The molecule has 0 bridgehead atoms. The molecule has 1 amide bonds. The summed E-state index contributed by atoms with van der Waals surface area (Å²) >= 11 is 1.58. The third-order valence-corrected chi connectivity index (χ3v) is 5.72. The smallest absolute Gasteiger partial charge is 0.250 e. The number of hydrogen-bond donors (Lipinski definition) is 1. The molecule has 0 aliphatic carbocycles. The van der Waals surface area contributed by atoms with Gasteiger partial charge in [0.25, 0.3) is 0 Å². The van der Waals surface area contributed by atoms with Crippen LogP contribution in [0.15, 0.2) is 30.3 Å². The lowest BCUT2D eigenvalue weighted by Gasteiger charge is -2.25. The average molecular weight is 342 g/mol. The van der Waals surface area contributed by atoms with Gasteiger partial charge in [-0.2, -0.15) is 0 Å². The van der Waals surface area contributed by atoms with E-state index in [-0.39, 0.29) is 12.2 Å². The van der Waals surface area contributed by atoms with Crippen molar-refractivity contribution in [3.05, 3.63) is 56.8 Å². The molecular formula is C19H22N2O2S. The zero-order chi connectivity index (χ0) is 17.1. The Hall–Kier alpha value is -1.98. The summed E-state index contributed by atoms with van der Waals surface area (Å²) in [6.07, 6.45) is 1.52. The van der Waals surface area contributed by atoms with Gasteiger partial charge in [0.2, 0.25) is 5.91 Å². The first-order chi connectivity index (χ1) is 11.6. The fourth-order valence-electron chi connectivity index (χ4n) is 3.26. The van der Waals surface area contributed by atoms with Gasteiger partial charge in [0.15, 0.2) is 0 Å². The van der Waals surface area contributed by atoms with E-state index in [4.69, 9.17) is 5.73 Å². The molecule has 0 fully saturated rings. The molecule has 0 saturated heterocycles. The number of ketones is 1. The third kappa shape index (κ3) is 3.57. The molecule has 0 unspecified atom stereocenters. The zero-order valence-corrected chi connectivity index (χ0v) is 14.7. The van der Waals surface area contributed by atoms with Crippen molar-refractivity contribution in [2.24, 2.45) is 5.73 Å². The van der Waals surface area contributed by atoms with Crippen LogP contribution >= 0.6 is 11.3 Å². The van der Waals surface area contributed by atoms with Gasteiger partial charge in [-0.15, -0.1) is 11.3 Å². The van der Waals surface area contributed by atoms with E-state index in [1.807, 2.05) is 30.3 Å². The van der Waals surface area contributed by atoms with Gasteiger partial charge in [-0.3, -0.25) is 14.5 Å². The minimum absolute atomic E-state index is 0.120. The van der Waals surface area contributed by atoms with Crippen molar-refractivity contribution in [1.29, 1.82) is 0 Å². The fraction of sp³-hybridized carbons (Fsp3) is 0.368. The highest BCUT2D eigenvalue weighted by Crippen LogP contribution is 2.33. The number of carbonyl (C=O) groups is 2. The normalized spacial score (nSPS) is 14.4. The number of benzene rings is 1. The molecule has 2 aromatic rings. The van der Waals surface area contributed by atoms with E-state index >= 15 is 0 Å². The summed E-state index contributed by atoms with van der Waals surface area (Å²) in [5, 5.41) is 0. The fourth-order valence-corrected chi connectivity index (χ4v) is 4.69. The van der Waals surface area contributed by atoms with Crippen LogP contribution < -0.4 is 5.73 Å². The molecule has 0 saturated carbocycles. The Morgan fingerprint density at radius 2 is 1.96 bits per heavy atom. The van der Waals surface area contributed by atoms with Gasteiger partial charge < -0.3 is 5.73 Å². The second-order valence-electron chi connectivity index (χ2n) is 6.16. The molecule has 2 heterocycles. The predicted octanol–water partition coefficient (Wildman–Crippen LogP) is 2.58. The summed E-state index contributed by atoms with van der Waals surface area (Å²) < 4.78 is 0. The van der Waals surface area contributed by atoms with Crippen molar-refractivity contribution in [2.45, 2.75) is 32.7 Å². The molecule has 0 spiro atoms. The highest BCUT2D eigenvalue weighted by molar-refractivity contribution is 7.12. The van der Waals surface area contributed by atoms with Crippen molar-refractivity contribution in [3.8, 4) is 0 Å². The van der Waals surface area contributed by atoms with Gasteiger partial charge in [0, 0.05) is 35.7 Å². The number of rotatable bonds is 6. The second-order valence-corrected chi connectivity index (χ2v) is 7.35. The van der Waals surface area contributed by atoms with Crippen LogP contribution in [0.25, 0.3) is 0 Å². The van der Waals surface area contributed by atoms with Crippen molar-refractivity contribution < 1.29 is 9.59 Å². The van der Waals surface area contributed by atoms with Gasteiger partial charge in [0.05, 0.1) is 5.56 Å². The topological polar surface area (TPSA) is 63.4 Å². The molecule has 2 N–H and O–H groups in total. The van der Waals surface area contributed by atoms with E-state index in [0.717, 1.165) is 42.1 Å². The van der Waals surface area contributed by atoms with Crippen LogP contribution in [0.4, 0.5) is 0 Å². The summed E-state index contributed by atoms with van der Waals surface area (Å²) in [5.41, 5.74) is 8.30. The van der Waals surface area contributed by atoms with E-state index in [1.54, 1.807) is 11.3 Å². The molecule has 1 aromatic heterocycles. The Labute approximate surface area is 146 Å². The van der Waals surface area contributed by atoms with Crippen LogP contribution in [0.3, 0.4) is 0 Å². The van der Waals surface area contributed by atoms with E-state index in [1.165, 1.54) is 4.88 Å². The number of likely N-dealkylation sites (N-methyl/N-ethyl adjacent to an activating group) is 1. The number of thiophene rings is 1. The maximum atomic E-state index is 12.4. The quantitative estimate of drug-likeness (QED) is 0.877. The molecule has 4 nitrogen and oxygen atoms in total. The average Bonchev–Trinajstić information content (AvgIpc) is 2.92. The van der Waals surface area contributed by atoms with Crippen molar-refractivity contribution in [1.82, 2.24) is 4.90 Å². The first-order valence-electron chi connectivity index (χ1n) is 8.29. The monoisotopic (exact) mass is 342 g/mol. The SMILES string of the molecule is CCN1CCc2c(sc(CC(=O)Cc3ccccc3)c2C(N)=O)C1. The van der Waals surface area contributed by atoms with E-state index in [2.05, 4.69) is 11.8 Å². The number of fused-ring (bicyclic) bond motifs is 1. The second kappa shape index (κ2) is 7.28.